The van der Waals surface area contributed by atoms with Gasteiger partial charge in [-0.05, 0) is 58.2 Å². The molecule has 1 aromatic carbocycles. The Hall–Kier alpha value is -1.55. The van der Waals surface area contributed by atoms with Crippen molar-refractivity contribution < 1.29 is 14.6 Å². The van der Waals surface area contributed by atoms with Crippen molar-refractivity contribution >= 4 is 6.09 Å². The summed E-state index contributed by atoms with van der Waals surface area (Å²) >= 11 is 0. The maximum Gasteiger partial charge on any atom is 0.410 e. The maximum absolute atomic E-state index is 12.5. The molecule has 4 nitrogen and oxygen atoms in total. The van der Waals surface area contributed by atoms with Gasteiger partial charge in [-0.2, -0.15) is 0 Å². The van der Waals surface area contributed by atoms with Gasteiger partial charge in [0, 0.05) is 24.4 Å². The highest BCUT2D eigenvalue weighted by atomic mass is 16.6. The van der Waals surface area contributed by atoms with Crippen molar-refractivity contribution in [2.45, 2.75) is 66.1 Å². The summed E-state index contributed by atoms with van der Waals surface area (Å²) in [6.07, 6.45) is -0.822. The highest BCUT2D eigenvalue weighted by molar-refractivity contribution is 5.69. The van der Waals surface area contributed by atoms with Gasteiger partial charge >= 0.3 is 6.09 Å². The lowest BCUT2D eigenvalue weighted by Crippen LogP contribution is -2.39. The molecule has 0 aromatic heterocycles. The molecule has 0 unspecified atom stereocenters. The van der Waals surface area contributed by atoms with E-state index < -0.39 is 17.1 Å². The van der Waals surface area contributed by atoms with E-state index >= 15 is 0 Å². The van der Waals surface area contributed by atoms with Crippen LogP contribution in [0, 0.1) is 19.3 Å². The van der Waals surface area contributed by atoms with E-state index in [9.17, 15) is 9.90 Å². The van der Waals surface area contributed by atoms with E-state index in [4.69, 9.17) is 4.74 Å². The standard InChI is InChI=1S/C20H31NO3/c1-13-8-9-16(10-14(13)2)17-11-21(12-20(17,7)15(3)22)18(23)24-19(4,5)6/h8-10,15,17,22H,11-12H2,1-7H3/t15-,17+,20+/m1/s1. The minimum Gasteiger partial charge on any atom is -0.444 e. The summed E-state index contributed by atoms with van der Waals surface area (Å²) < 4.78 is 5.53. The molecule has 1 heterocycles. The van der Waals surface area contributed by atoms with Crippen LogP contribution in [0.4, 0.5) is 4.79 Å². The van der Waals surface area contributed by atoms with Crippen LogP contribution in [0.2, 0.25) is 0 Å². The Kier molecular flexibility index (Phi) is 5.01. The number of aryl methyl sites for hydroxylation is 2. The van der Waals surface area contributed by atoms with Gasteiger partial charge in [-0.25, -0.2) is 4.79 Å². The Balaban J connectivity index is 2.32. The summed E-state index contributed by atoms with van der Waals surface area (Å²) in [5, 5.41) is 10.4. The Bertz CT molecular complexity index is 618. The van der Waals surface area contributed by atoms with Crippen LogP contribution in [0.3, 0.4) is 0 Å². The molecule has 0 radical (unpaired) electrons. The molecule has 4 heteroatoms. The lowest BCUT2D eigenvalue weighted by Gasteiger charge is -2.34. The first-order valence-electron chi connectivity index (χ1n) is 8.67. The first kappa shape index (κ1) is 18.8. The van der Waals surface area contributed by atoms with E-state index in [-0.39, 0.29) is 12.0 Å². The number of ether oxygens (including phenoxy) is 1. The lowest BCUT2D eigenvalue weighted by atomic mass is 9.72. The zero-order valence-electron chi connectivity index (χ0n) is 16.0. The third-order valence-electron chi connectivity index (χ3n) is 5.27. The number of amides is 1. The minimum atomic E-state index is -0.517. The van der Waals surface area contributed by atoms with Gasteiger partial charge in [0.1, 0.15) is 5.60 Å². The van der Waals surface area contributed by atoms with Crippen molar-refractivity contribution in [1.29, 1.82) is 0 Å². The normalized spacial score (nSPS) is 25.7. The number of nitrogens with zero attached hydrogens (tertiary/aromatic N) is 1. The molecule has 134 valence electrons. The molecule has 0 aliphatic carbocycles. The number of aliphatic hydroxyl groups excluding tert-OH is 1. The molecule has 1 aliphatic rings. The zero-order valence-corrected chi connectivity index (χ0v) is 16.0. The van der Waals surface area contributed by atoms with Gasteiger partial charge in [0.05, 0.1) is 6.10 Å². The predicted molar refractivity (Wildman–Crippen MR) is 96.3 cm³/mol. The molecule has 1 fully saturated rings. The molecular formula is C20H31NO3. The molecule has 1 N–H and O–H groups in total. The van der Waals surface area contributed by atoms with Gasteiger partial charge in [-0.1, -0.05) is 25.1 Å². The van der Waals surface area contributed by atoms with E-state index in [1.807, 2.05) is 27.7 Å². The van der Waals surface area contributed by atoms with E-state index in [1.165, 1.54) is 16.7 Å². The molecule has 0 spiro atoms. The van der Waals surface area contributed by atoms with Gasteiger partial charge in [0.2, 0.25) is 0 Å². The highest BCUT2D eigenvalue weighted by Crippen LogP contribution is 2.45. The highest BCUT2D eigenvalue weighted by Gasteiger charge is 2.49. The molecular weight excluding hydrogens is 302 g/mol. The summed E-state index contributed by atoms with van der Waals surface area (Å²) in [6, 6.07) is 6.41. The summed E-state index contributed by atoms with van der Waals surface area (Å²) in [6.45, 7) is 14.7. The number of carbonyl (C=O) groups excluding carboxylic acids is 1. The van der Waals surface area contributed by atoms with E-state index in [0.29, 0.717) is 13.1 Å². The molecule has 3 atom stereocenters. The van der Waals surface area contributed by atoms with E-state index in [2.05, 4.69) is 39.0 Å². The van der Waals surface area contributed by atoms with Gasteiger partial charge in [0.15, 0.2) is 0 Å². The van der Waals surface area contributed by atoms with Gasteiger partial charge in [-0.3, -0.25) is 0 Å². The van der Waals surface area contributed by atoms with E-state index in [1.54, 1.807) is 4.90 Å². The summed E-state index contributed by atoms with van der Waals surface area (Å²) in [5.41, 5.74) is 2.75. The van der Waals surface area contributed by atoms with Crippen LogP contribution in [0.1, 0.15) is 57.2 Å². The molecule has 2 rings (SSSR count). The number of hydrogen-bond donors (Lipinski definition) is 1. The maximum atomic E-state index is 12.5. The lowest BCUT2D eigenvalue weighted by molar-refractivity contribution is 0.0194. The number of likely N-dealkylation sites (tertiary alicyclic amines) is 1. The Morgan fingerprint density at radius 2 is 1.96 bits per heavy atom. The van der Waals surface area contributed by atoms with Gasteiger partial charge in [-0.15, -0.1) is 0 Å². The third kappa shape index (κ3) is 3.75. The second kappa shape index (κ2) is 6.40. The topological polar surface area (TPSA) is 49.8 Å². The van der Waals surface area contributed by atoms with Crippen LogP contribution < -0.4 is 0 Å². The summed E-state index contributed by atoms with van der Waals surface area (Å²) in [7, 11) is 0. The fourth-order valence-corrected chi connectivity index (χ4v) is 3.37. The largest absolute Gasteiger partial charge is 0.444 e. The molecule has 1 amide bonds. The van der Waals surface area contributed by atoms with Crippen molar-refractivity contribution in [2.24, 2.45) is 5.41 Å². The van der Waals surface area contributed by atoms with Crippen molar-refractivity contribution in [3.8, 4) is 0 Å². The van der Waals surface area contributed by atoms with Gasteiger partial charge in [0.25, 0.3) is 0 Å². The minimum absolute atomic E-state index is 0.0873. The third-order valence-corrected chi connectivity index (χ3v) is 5.27. The van der Waals surface area contributed by atoms with Crippen LogP contribution in [-0.4, -0.2) is 40.9 Å². The number of benzene rings is 1. The van der Waals surface area contributed by atoms with Crippen LogP contribution in [0.25, 0.3) is 0 Å². The SMILES string of the molecule is Cc1ccc([C@@H]2CN(C(=O)OC(C)(C)C)C[C@@]2(C)[C@@H](C)O)cc1C. The zero-order chi connectivity index (χ0) is 18.3. The predicted octanol–water partition coefficient (Wildman–Crippen LogP) is 4.02. The van der Waals surface area contributed by atoms with Crippen molar-refractivity contribution in [3.05, 3.63) is 34.9 Å². The van der Waals surface area contributed by atoms with Crippen LogP contribution in [0.5, 0.6) is 0 Å². The Labute approximate surface area is 145 Å². The van der Waals surface area contributed by atoms with Crippen LogP contribution in [0.15, 0.2) is 18.2 Å². The molecule has 0 saturated carbocycles. The first-order chi connectivity index (χ1) is 10.9. The van der Waals surface area contributed by atoms with Crippen LogP contribution >= 0.6 is 0 Å². The number of rotatable bonds is 2. The Morgan fingerprint density at radius 1 is 1.33 bits per heavy atom. The molecule has 1 saturated heterocycles. The number of hydrogen-bond acceptors (Lipinski definition) is 3. The number of carbonyl (C=O) groups is 1. The first-order valence-corrected chi connectivity index (χ1v) is 8.67. The van der Waals surface area contributed by atoms with E-state index in [0.717, 1.165) is 0 Å². The second-order valence-electron chi connectivity index (χ2n) is 8.44. The fraction of sp³-hybridized carbons (Fsp3) is 0.650. The monoisotopic (exact) mass is 333 g/mol. The molecule has 24 heavy (non-hydrogen) atoms. The smallest absolute Gasteiger partial charge is 0.410 e. The summed E-state index contributed by atoms with van der Waals surface area (Å²) in [5.74, 6) is 0.0873. The van der Waals surface area contributed by atoms with Crippen molar-refractivity contribution in [3.63, 3.8) is 0 Å². The summed E-state index contributed by atoms with van der Waals surface area (Å²) in [4.78, 5) is 14.2. The second-order valence-corrected chi connectivity index (χ2v) is 8.44. The quantitative estimate of drug-likeness (QED) is 0.889. The van der Waals surface area contributed by atoms with Crippen molar-refractivity contribution in [2.75, 3.05) is 13.1 Å². The number of aliphatic hydroxyl groups is 1. The average Bonchev–Trinajstić information content (AvgIpc) is 2.80. The fourth-order valence-electron chi connectivity index (χ4n) is 3.37. The van der Waals surface area contributed by atoms with Gasteiger partial charge < -0.3 is 14.7 Å². The molecule has 0 bridgehead atoms. The molecule has 1 aromatic rings. The Morgan fingerprint density at radius 3 is 2.46 bits per heavy atom. The van der Waals surface area contributed by atoms with Crippen molar-refractivity contribution in [1.82, 2.24) is 4.90 Å². The molecule has 1 aliphatic heterocycles. The van der Waals surface area contributed by atoms with Crippen LogP contribution in [-0.2, 0) is 4.74 Å². The average molecular weight is 333 g/mol.